The topological polar surface area (TPSA) is 54.0 Å². The number of hydrogen-bond donors (Lipinski definition) is 2. The Morgan fingerprint density at radius 3 is 2.92 bits per heavy atom. The van der Waals surface area contributed by atoms with Crippen LogP contribution in [0.3, 0.4) is 0 Å². The Balaban J connectivity index is 1.50. The van der Waals surface area contributed by atoms with E-state index in [4.69, 9.17) is 0 Å². The molecule has 1 amide bonds. The van der Waals surface area contributed by atoms with Crippen LogP contribution in [0.4, 0.5) is 5.69 Å². The Kier molecular flexibility index (Phi) is 5.33. The molecule has 0 unspecified atom stereocenters. The van der Waals surface area contributed by atoms with Crippen molar-refractivity contribution in [3.8, 4) is 0 Å². The van der Waals surface area contributed by atoms with E-state index in [1.54, 1.807) is 24.2 Å². The lowest BCUT2D eigenvalue weighted by Crippen LogP contribution is -2.30. The molecular formula is C19H19N3OS. The molecular weight excluding hydrogens is 318 g/mol. The molecule has 0 saturated carbocycles. The third kappa shape index (κ3) is 4.26. The van der Waals surface area contributed by atoms with E-state index in [2.05, 4.69) is 41.0 Å². The summed E-state index contributed by atoms with van der Waals surface area (Å²) in [6.45, 7) is 2.07. The van der Waals surface area contributed by atoms with Crippen LogP contribution in [0.25, 0.3) is 10.8 Å². The molecule has 0 bridgehead atoms. The average Bonchev–Trinajstić information content (AvgIpc) is 2.60. The van der Waals surface area contributed by atoms with Crippen molar-refractivity contribution >= 4 is 34.1 Å². The van der Waals surface area contributed by atoms with E-state index >= 15 is 0 Å². The second-order valence-corrected chi connectivity index (χ2v) is 6.54. The summed E-state index contributed by atoms with van der Waals surface area (Å²) in [7, 11) is 0. The van der Waals surface area contributed by atoms with Gasteiger partial charge in [-0.15, -0.1) is 11.8 Å². The van der Waals surface area contributed by atoms with Crippen LogP contribution in [0.15, 0.2) is 60.9 Å². The van der Waals surface area contributed by atoms with Gasteiger partial charge in [-0.3, -0.25) is 20.6 Å². The minimum absolute atomic E-state index is 0.0429. The number of nitrogens with one attached hydrogen (secondary N) is 2. The maximum atomic E-state index is 12.0. The summed E-state index contributed by atoms with van der Waals surface area (Å²) in [4.78, 5) is 16.1. The summed E-state index contributed by atoms with van der Waals surface area (Å²) in [6, 6.07) is 16.1. The highest BCUT2D eigenvalue weighted by atomic mass is 32.2. The average molecular weight is 337 g/mol. The number of anilines is 1. The molecule has 24 heavy (non-hydrogen) atoms. The van der Waals surface area contributed by atoms with Gasteiger partial charge in [0, 0.05) is 28.9 Å². The zero-order valence-corrected chi connectivity index (χ0v) is 14.3. The molecule has 0 saturated heterocycles. The van der Waals surface area contributed by atoms with Gasteiger partial charge in [0.15, 0.2) is 0 Å². The van der Waals surface area contributed by atoms with Crippen LogP contribution in [-0.4, -0.2) is 16.6 Å². The number of aromatic nitrogens is 1. The largest absolute Gasteiger partial charge is 0.298 e. The number of pyridine rings is 1. The summed E-state index contributed by atoms with van der Waals surface area (Å²) in [6.07, 6.45) is 3.55. The van der Waals surface area contributed by atoms with Crippen molar-refractivity contribution in [3.05, 3.63) is 72.1 Å². The van der Waals surface area contributed by atoms with Gasteiger partial charge in [0.05, 0.1) is 11.4 Å². The number of carbonyl (C=O) groups excluding carboxylic acids is 1. The number of hydrogen-bond acceptors (Lipinski definition) is 4. The molecule has 0 radical (unpaired) electrons. The van der Waals surface area contributed by atoms with Crippen LogP contribution in [-0.2, 0) is 10.5 Å². The van der Waals surface area contributed by atoms with E-state index in [0.717, 1.165) is 22.2 Å². The van der Waals surface area contributed by atoms with Crippen LogP contribution >= 0.6 is 11.8 Å². The standard InChI is InChI=1S/C19H19N3OS/c1-14-4-2-5-15(10-14)12-24-13-19(23)22-21-18-7-3-6-16-11-20-9-8-17(16)18/h2-11,21H,12-13H2,1H3,(H,22,23). The fraction of sp³-hybridized carbons (Fsp3) is 0.158. The maximum Gasteiger partial charge on any atom is 0.248 e. The Morgan fingerprint density at radius 2 is 2.04 bits per heavy atom. The Bertz CT molecular complexity index is 845. The zero-order valence-electron chi connectivity index (χ0n) is 13.5. The molecule has 0 fully saturated rings. The number of benzene rings is 2. The number of fused-ring (bicyclic) bond motifs is 1. The number of amides is 1. The van der Waals surface area contributed by atoms with Crippen LogP contribution < -0.4 is 10.9 Å². The van der Waals surface area contributed by atoms with E-state index in [-0.39, 0.29) is 5.91 Å². The number of carbonyl (C=O) groups is 1. The van der Waals surface area contributed by atoms with Crippen molar-refractivity contribution < 1.29 is 4.79 Å². The SMILES string of the molecule is Cc1cccc(CSCC(=O)NNc2cccc3cnccc23)c1. The quantitative estimate of drug-likeness (QED) is 0.670. The molecule has 0 aliphatic rings. The van der Waals surface area contributed by atoms with Gasteiger partial charge in [-0.05, 0) is 24.6 Å². The van der Waals surface area contributed by atoms with E-state index in [9.17, 15) is 4.79 Å². The molecule has 0 spiro atoms. The number of thioether (sulfide) groups is 1. The van der Waals surface area contributed by atoms with Gasteiger partial charge in [-0.2, -0.15) is 0 Å². The van der Waals surface area contributed by atoms with Gasteiger partial charge < -0.3 is 0 Å². The van der Waals surface area contributed by atoms with Crippen molar-refractivity contribution in [3.63, 3.8) is 0 Å². The molecule has 3 aromatic rings. The van der Waals surface area contributed by atoms with E-state index in [0.29, 0.717) is 5.75 Å². The van der Waals surface area contributed by atoms with Gasteiger partial charge in [-0.1, -0.05) is 42.0 Å². The highest BCUT2D eigenvalue weighted by Gasteiger charge is 2.04. The second-order valence-electron chi connectivity index (χ2n) is 5.56. The minimum Gasteiger partial charge on any atom is -0.298 e. The zero-order chi connectivity index (χ0) is 16.8. The first-order valence-electron chi connectivity index (χ1n) is 7.73. The van der Waals surface area contributed by atoms with Crippen LogP contribution in [0, 0.1) is 6.92 Å². The number of nitrogens with zero attached hydrogens (tertiary/aromatic N) is 1. The fourth-order valence-electron chi connectivity index (χ4n) is 2.47. The second kappa shape index (κ2) is 7.84. The van der Waals surface area contributed by atoms with Crippen LogP contribution in [0.2, 0.25) is 0 Å². The van der Waals surface area contributed by atoms with Gasteiger partial charge in [0.25, 0.3) is 0 Å². The van der Waals surface area contributed by atoms with Gasteiger partial charge in [0.2, 0.25) is 5.91 Å². The molecule has 5 heteroatoms. The Hall–Kier alpha value is -2.53. The van der Waals surface area contributed by atoms with Crippen LogP contribution in [0.1, 0.15) is 11.1 Å². The number of hydrazine groups is 1. The van der Waals surface area contributed by atoms with Crippen molar-refractivity contribution in [2.24, 2.45) is 0 Å². The highest BCUT2D eigenvalue weighted by Crippen LogP contribution is 2.21. The predicted octanol–water partition coefficient (Wildman–Crippen LogP) is 3.92. The maximum absolute atomic E-state index is 12.0. The van der Waals surface area contributed by atoms with Gasteiger partial charge in [0.1, 0.15) is 0 Å². The van der Waals surface area contributed by atoms with Gasteiger partial charge in [-0.25, -0.2) is 0 Å². The Morgan fingerprint density at radius 1 is 1.17 bits per heavy atom. The lowest BCUT2D eigenvalue weighted by Gasteiger charge is -2.11. The van der Waals surface area contributed by atoms with Crippen molar-refractivity contribution in [2.75, 3.05) is 11.2 Å². The minimum atomic E-state index is -0.0429. The Labute approximate surface area is 145 Å². The third-order valence-electron chi connectivity index (χ3n) is 3.60. The first kappa shape index (κ1) is 16.3. The monoisotopic (exact) mass is 337 g/mol. The molecule has 3 rings (SSSR count). The van der Waals surface area contributed by atoms with Gasteiger partial charge >= 0.3 is 0 Å². The summed E-state index contributed by atoms with van der Waals surface area (Å²) >= 11 is 1.60. The van der Waals surface area contributed by atoms with Crippen LogP contribution in [0.5, 0.6) is 0 Å². The van der Waals surface area contributed by atoms with Crippen molar-refractivity contribution in [1.82, 2.24) is 10.4 Å². The van der Waals surface area contributed by atoms with E-state index in [1.165, 1.54) is 11.1 Å². The first-order chi connectivity index (χ1) is 11.7. The molecule has 2 N–H and O–H groups in total. The first-order valence-corrected chi connectivity index (χ1v) is 8.89. The lowest BCUT2D eigenvalue weighted by atomic mass is 10.1. The highest BCUT2D eigenvalue weighted by molar-refractivity contribution is 7.99. The molecule has 0 aliphatic carbocycles. The molecule has 0 aliphatic heterocycles. The molecule has 4 nitrogen and oxygen atoms in total. The summed E-state index contributed by atoms with van der Waals surface area (Å²) in [5, 5.41) is 2.06. The number of aryl methyl sites for hydroxylation is 1. The molecule has 1 heterocycles. The summed E-state index contributed by atoms with van der Waals surface area (Å²) in [5.41, 5.74) is 9.11. The molecule has 2 aromatic carbocycles. The van der Waals surface area contributed by atoms with E-state index < -0.39 is 0 Å². The van der Waals surface area contributed by atoms with Crippen molar-refractivity contribution in [1.29, 1.82) is 0 Å². The third-order valence-corrected chi connectivity index (χ3v) is 4.61. The smallest absolute Gasteiger partial charge is 0.248 e. The fourth-order valence-corrected chi connectivity index (χ4v) is 3.24. The molecule has 1 aromatic heterocycles. The molecule has 122 valence electrons. The van der Waals surface area contributed by atoms with E-state index in [1.807, 2.05) is 30.3 Å². The number of rotatable bonds is 6. The predicted molar refractivity (Wildman–Crippen MR) is 101 cm³/mol. The summed E-state index contributed by atoms with van der Waals surface area (Å²) in [5.74, 6) is 1.20. The normalized spacial score (nSPS) is 10.5. The van der Waals surface area contributed by atoms with Crippen molar-refractivity contribution in [2.45, 2.75) is 12.7 Å². The summed E-state index contributed by atoms with van der Waals surface area (Å²) < 4.78 is 0. The lowest BCUT2D eigenvalue weighted by molar-refractivity contribution is -0.118. The molecule has 0 atom stereocenters.